The highest BCUT2D eigenvalue weighted by Crippen LogP contribution is 2.28. The number of aliphatic hydroxyl groups is 1. The second-order valence-corrected chi connectivity index (χ2v) is 5.06. The molecular weight excluding hydrogens is 276 g/mol. The third-order valence-electron chi connectivity index (χ3n) is 3.61. The molecule has 0 radical (unpaired) electrons. The Hall–Kier alpha value is -2.94. The highest BCUT2D eigenvalue weighted by molar-refractivity contribution is 6.52. The number of fused-ring (bicyclic) bond motifs is 1. The lowest BCUT2D eigenvalue weighted by molar-refractivity contribution is -0.111. The van der Waals surface area contributed by atoms with E-state index in [1.807, 2.05) is 30.3 Å². The Balaban J connectivity index is 1.92. The number of carbonyl (C=O) groups excluding carboxylic acids is 2. The first-order chi connectivity index (χ1) is 10.7. The van der Waals surface area contributed by atoms with Gasteiger partial charge in [-0.15, -0.1) is 0 Å². The van der Waals surface area contributed by atoms with Crippen molar-refractivity contribution in [2.45, 2.75) is 6.42 Å². The average Bonchev–Trinajstić information content (AvgIpc) is 2.57. The van der Waals surface area contributed by atoms with Crippen LogP contribution in [-0.2, 0) is 11.2 Å². The average molecular weight is 290 g/mol. The van der Waals surface area contributed by atoms with Gasteiger partial charge >= 0.3 is 0 Å². The van der Waals surface area contributed by atoms with Gasteiger partial charge < -0.3 is 5.11 Å². The van der Waals surface area contributed by atoms with Crippen LogP contribution in [0, 0.1) is 0 Å². The van der Waals surface area contributed by atoms with Crippen molar-refractivity contribution in [1.82, 2.24) is 0 Å². The molecule has 22 heavy (non-hydrogen) atoms. The SMILES string of the molecule is O=C1C(=O)c2ccccc2C(O)=C1/C=C/Cc1ccccc1. The molecular formula is C19H14O3. The molecule has 0 fully saturated rings. The van der Waals surface area contributed by atoms with Crippen molar-refractivity contribution in [3.8, 4) is 0 Å². The van der Waals surface area contributed by atoms with E-state index in [0.717, 1.165) is 5.56 Å². The standard InChI is InChI=1S/C19H14O3/c20-17-14-10-4-5-11-15(14)18(21)19(22)16(17)12-6-9-13-7-2-1-3-8-13/h1-8,10-12,20H,9H2/b12-6+. The Morgan fingerprint density at radius 1 is 0.818 bits per heavy atom. The number of Topliss-reactive ketones (excluding diaryl/α,β-unsaturated/α-hetero) is 2. The van der Waals surface area contributed by atoms with Crippen LogP contribution in [-0.4, -0.2) is 16.7 Å². The van der Waals surface area contributed by atoms with E-state index in [-0.39, 0.29) is 16.9 Å². The quantitative estimate of drug-likeness (QED) is 0.880. The van der Waals surface area contributed by atoms with Crippen molar-refractivity contribution in [2.24, 2.45) is 0 Å². The molecule has 0 spiro atoms. The largest absolute Gasteiger partial charge is 0.507 e. The molecule has 1 aliphatic carbocycles. The van der Waals surface area contributed by atoms with Crippen LogP contribution >= 0.6 is 0 Å². The summed E-state index contributed by atoms with van der Waals surface area (Å²) in [5.41, 5.74) is 1.81. The van der Waals surface area contributed by atoms with Crippen molar-refractivity contribution in [2.75, 3.05) is 0 Å². The lowest BCUT2D eigenvalue weighted by Crippen LogP contribution is -2.23. The first-order valence-corrected chi connectivity index (χ1v) is 7.00. The van der Waals surface area contributed by atoms with Crippen molar-refractivity contribution >= 4 is 17.3 Å². The molecule has 2 aromatic rings. The van der Waals surface area contributed by atoms with E-state index in [9.17, 15) is 14.7 Å². The van der Waals surface area contributed by atoms with Gasteiger partial charge in [0.05, 0.1) is 5.57 Å². The van der Waals surface area contributed by atoms with E-state index in [1.54, 1.807) is 30.3 Å². The molecule has 1 N–H and O–H groups in total. The lowest BCUT2D eigenvalue weighted by atomic mass is 9.88. The number of allylic oxidation sites excluding steroid dienone is 3. The summed E-state index contributed by atoms with van der Waals surface area (Å²) >= 11 is 0. The van der Waals surface area contributed by atoms with Crippen LogP contribution in [0.2, 0.25) is 0 Å². The maximum atomic E-state index is 12.1. The maximum absolute atomic E-state index is 12.1. The summed E-state index contributed by atoms with van der Waals surface area (Å²) in [4.78, 5) is 24.2. The van der Waals surface area contributed by atoms with Crippen LogP contribution in [0.15, 0.2) is 72.3 Å². The normalized spacial score (nSPS) is 14.5. The zero-order valence-corrected chi connectivity index (χ0v) is 11.8. The van der Waals surface area contributed by atoms with E-state index >= 15 is 0 Å². The van der Waals surface area contributed by atoms with Crippen LogP contribution in [0.3, 0.4) is 0 Å². The molecule has 0 amide bonds. The van der Waals surface area contributed by atoms with Crippen molar-refractivity contribution in [3.63, 3.8) is 0 Å². The Morgan fingerprint density at radius 3 is 2.18 bits per heavy atom. The van der Waals surface area contributed by atoms with Gasteiger partial charge in [-0.3, -0.25) is 9.59 Å². The van der Waals surface area contributed by atoms with Gasteiger partial charge in [0.15, 0.2) is 0 Å². The van der Waals surface area contributed by atoms with E-state index in [0.29, 0.717) is 12.0 Å². The number of aliphatic hydroxyl groups excluding tert-OH is 1. The predicted molar refractivity (Wildman–Crippen MR) is 84.6 cm³/mol. The zero-order chi connectivity index (χ0) is 15.5. The fourth-order valence-corrected chi connectivity index (χ4v) is 2.47. The lowest BCUT2D eigenvalue weighted by Gasteiger charge is -2.15. The molecule has 0 saturated heterocycles. The van der Waals surface area contributed by atoms with Gasteiger partial charge in [0.1, 0.15) is 5.76 Å². The number of benzene rings is 2. The molecule has 0 saturated carbocycles. The highest BCUT2D eigenvalue weighted by Gasteiger charge is 2.30. The Kier molecular flexibility index (Phi) is 3.71. The predicted octanol–water partition coefficient (Wildman–Crippen LogP) is 3.52. The summed E-state index contributed by atoms with van der Waals surface area (Å²) in [5.74, 6) is -1.38. The van der Waals surface area contributed by atoms with Gasteiger partial charge in [-0.25, -0.2) is 0 Å². The summed E-state index contributed by atoms with van der Waals surface area (Å²) in [5, 5.41) is 10.3. The molecule has 108 valence electrons. The summed E-state index contributed by atoms with van der Waals surface area (Å²) < 4.78 is 0. The summed E-state index contributed by atoms with van der Waals surface area (Å²) in [7, 11) is 0. The smallest absolute Gasteiger partial charge is 0.237 e. The molecule has 2 aromatic carbocycles. The molecule has 0 aromatic heterocycles. The number of carbonyl (C=O) groups is 2. The first-order valence-electron chi connectivity index (χ1n) is 7.00. The number of rotatable bonds is 3. The van der Waals surface area contributed by atoms with Crippen LogP contribution in [0.1, 0.15) is 21.5 Å². The van der Waals surface area contributed by atoms with Gasteiger partial charge in [0.25, 0.3) is 0 Å². The van der Waals surface area contributed by atoms with Crippen molar-refractivity contribution in [3.05, 3.63) is 89.0 Å². The fraction of sp³-hybridized carbons (Fsp3) is 0.0526. The summed E-state index contributed by atoms with van der Waals surface area (Å²) in [6.07, 6.45) is 3.93. The first kappa shape index (κ1) is 14.0. The molecule has 3 rings (SSSR count). The van der Waals surface area contributed by atoms with Gasteiger partial charge in [-0.05, 0) is 12.0 Å². The minimum Gasteiger partial charge on any atom is -0.507 e. The van der Waals surface area contributed by atoms with E-state index in [2.05, 4.69) is 0 Å². The number of ketones is 2. The van der Waals surface area contributed by atoms with Crippen molar-refractivity contribution in [1.29, 1.82) is 0 Å². The zero-order valence-electron chi connectivity index (χ0n) is 11.8. The second-order valence-electron chi connectivity index (χ2n) is 5.06. The van der Waals surface area contributed by atoms with Gasteiger partial charge in [0, 0.05) is 11.1 Å². The Morgan fingerprint density at radius 2 is 1.45 bits per heavy atom. The minimum atomic E-state index is -0.666. The topological polar surface area (TPSA) is 54.4 Å². The van der Waals surface area contributed by atoms with Crippen LogP contribution in [0.25, 0.3) is 5.76 Å². The number of hydrogen-bond acceptors (Lipinski definition) is 3. The van der Waals surface area contributed by atoms with Crippen LogP contribution < -0.4 is 0 Å². The monoisotopic (exact) mass is 290 g/mol. The molecule has 0 atom stereocenters. The van der Waals surface area contributed by atoms with Gasteiger partial charge in [0.2, 0.25) is 11.6 Å². The van der Waals surface area contributed by atoms with Crippen molar-refractivity contribution < 1.29 is 14.7 Å². The third kappa shape index (κ3) is 2.49. The number of hydrogen-bond donors (Lipinski definition) is 1. The van der Waals surface area contributed by atoms with Crippen LogP contribution in [0.5, 0.6) is 0 Å². The molecule has 1 aliphatic rings. The Labute approximate surface area is 128 Å². The highest BCUT2D eigenvalue weighted by atomic mass is 16.3. The molecule has 3 nitrogen and oxygen atoms in total. The molecule has 0 bridgehead atoms. The van der Waals surface area contributed by atoms with Gasteiger partial charge in [-0.2, -0.15) is 0 Å². The fourth-order valence-electron chi connectivity index (χ4n) is 2.47. The molecule has 3 heteroatoms. The minimum absolute atomic E-state index is 0.0552. The molecule has 0 aliphatic heterocycles. The van der Waals surface area contributed by atoms with E-state index in [4.69, 9.17) is 0 Å². The Bertz CT molecular complexity index is 798. The van der Waals surface area contributed by atoms with Crippen LogP contribution in [0.4, 0.5) is 0 Å². The molecule has 0 unspecified atom stereocenters. The van der Waals surface area contributed by atoms with E-state index < -0.39 is 11.6 Å². The summed E-state index contributed by atoms with van der Waals surface area (Å²) in [6.45, 7) is 0. The molecule has 0 heterocycles. The third-order valence-corrected chi connectivity index (χ3v) is 3.61. The summed E-state index contributed by atoms with van der Waals surface area (Å²) in [6, 6.07) is 16.3. The maximum Gasteiger partial charge on any atom is 0.237 e. The second kappa shape index (κ2) is 5.82. The van der Waals surface area contributed by atoms with Gasteiger partial charge in [-0.1, -0.05) is 66.7 Å². The van der Waals surface area contributed by atoms with E-state index in [1.165, 1.54) is 6.08 Å².